The molecule has 0 atom stereocenters. The minimum absolute atomic E-state index is 0. The molecule has 10 nitrogen and oxygen atoms in total. The summed E-state index contributed by atoms with van der Waals surface area (Å²) in [5.41, 5.74) is 0. The van der Waals surface area contributed by atoms with Gasteiger partial charge in [-0.15, -0.1) is 34.1 Å². The summed E-state index contributed by atoms with van der Waals surface area (Å²) >= 11 is -9.33. The van der Waals surface area contributed by atoms with Crippen molar-refractivity contribution < 1.29 is 79.6 Å². The maximum absolute atomic E-state index is 8.44. The summed E-state index contributed by atoms with van der Waals surface area (Å²) in [7, 11) is 0. The summed E-state index contributed by atoms with van der Waals surface area (Å²) in [6.07, 6.45) is 0. The predicted molar refractivity (Wildman–Crippen MR) is 32.7 cm³/mol. The second-order valence-corrected chi connectivity index (χ2v) is 1.84. The van der Waals surface area contributed by atoms with E-state index in [0.717, 1.165) is 0 Å². The third kappa shape index (κ3) is 1820. The van der Waals surface area contributed by atoms with Gasteiger partial charge in [-0.3, -0.25) is 12.6 Å². The zero-order chi connectivity index (χ0) is 10.7. The summed E-state index contributed by atoms with van der Waals surface area (Å²) in [5.74, 6) is 0. The van der Waals surface area contributed by atoms with E-state index in [9.17, 15) is 0 Å². The van der Waals surface area contributed by atoms with E-state index < -0.39 is 34.1 Å². The van der Waals surface area contributed by atoms with E-state index in [1.165, 1.54) is 0 Å². The largest absolute Gasteiger partial charge is 3.00 e. The standard InChI is InChI=1S/2Fe.3H2O3S.H2O/c;;3*1-4(2)3;/h;;3*(H2,1,2,3);1H2/q2*+3;;;;/p-6. The van der Waals surface area contributed by atoms with Gasteiger partial charge in [-0.05, 0) is 0 Å². The SMILES string of the molecule is O.O=S([O-])[O-].O=S([O-])[O-].O=S([O-])[O-].[Fe+3].[Fe+3]. The van der Waals surface area contributed by atoms with Crippen molar-refractivity contribution in [1.82, 2.24) is 0 Å². The van der Waals surface area contributed by atoms with Crippen LogP contribution in [-0.2, 0) is 68.2 Å². The summed E-state index contributed by atoms with van der Waals surface area (Å²) in [5, 5.41) is 0. The molecular weight excluding hydrogens is 368 g/mol. The van der Waals surface area contributed by atoms with Gasteiger partial charge in [0.25, 0.3) is 0 Å². The maximum atomic E-state index is 8.44. The molecule has 0 rings (SSSR count). The molecule has 0 aromatic heterocycles. The first-order valence-electron chi connectivity index (χ1n) is 1.50. The maximum Gasteiger partial charge on any atom is 3.00 e. The Morgan fingerprint density at radius 2 is 0.533 bits per heavy atom. The minimum atomic E-state index is -3.11. The second-order valence-electron chi connectivity index (χ2n) is 0.612. The fourth-order valence-electron chi connectivity index (χ4n) is 0. The number of rotatable bonds is 0. The van der Waals surface area contributed by atoms with Gasteiger partial charge < -0.3 is 32.8 Å². The molecule has 0 spiro atoms. The van der Waals surface area contributed by atoms with Crippen LogP contribution in [0.25, 0.3) is 0 Å². The molecule has 0 aliphatic carbocycles. The van der Waals surface area contributed by atoms with Crippen LogP contribution in [0.5, 0.6) is 0 Å². The molecule has 0 fully saturated rings. The fraction of sp³-hybridized carbons (Fsp3) is 0. The molecule has 0 amide bonds. The average molecular weight is 370 g/mol. The zero-order valence-electron chi connectivity index (χ0n) is 6.11. The molecular formula is H2Fe2O10S3. The van der Waals surface area contributed by atoms with Gasteiger partial charge in [-0.25, -0.2) is 0 Å². The first-order valence-corrected chi connectivity index (χ1v) is 4.50. The van der Waals surface area contributed by atoms with Gasteiger partial charge in [0.2, 0.25) is 0 Å². The molecule has 0 heterocycles. The molecule has 0 bridgehead atoms. The second kappa shape index (κ2) is 29.5. The van der Waals surface area contributed by atoms with Crippen molar-refractivity contribution in [2.24, 2.45) is 0 Å². The number of hydrogen-bond donors (Lipinski definition) is 0. The average Bonchev–Trinajstić information content (AvgIpc) is 1.54. The Labute approximate surface area is 113 Å². The smallest absolute Gasteiger partial charge is 0.784 e. The van der Waals surface area contributed by atoms with Crippen LogP contribution in [-0.4, -0.2) is 45.4 Å². The third-order valence-corrected chi connectivity index (χ3v) is 0. The normalized spacial score (nSPS) is 7.00. The molecule has 15 heteroatoms. The van der Waals surface area contributed by atoms with Crippen molar-refractivity contribution in [3.05, 3.63) is 0 Å². The molecule has 15 heavy (non-hydrogen) atoms. The molecule has 0 saturated heterocycles. The van der Waals surface area contributed by atoms with Gasteiger partial charge in [0.1, 0.15) is 0 Å². The molecule has 96 valence electrons. The monoisotopic (exact) mass is 370 g/mol. The number of hydrogen-bond acceptors (Lipinski definition) is 9. The van der Waals surface area contributed by atoms with E-state index in [2.05, 4.69) is 0 Å². The van der Waals surface area contributed by atoms with Crippen LogP contribution in [0, 0.1) is 0 Å². The predicted octanol–water partition coefficient (Wildman–Crippen LogP) is -3.84. The van der Waals surface area contributed by atoms with Crippen LogP contribution in [0.2, 0.25) is 0 Å². The molecule has 0 aliphatic heterocycles. The van der Waals surface area contributed by atoms with Crippen LogP contribution >= 0.6 is 0 Å². The molecule has 0 saturated carbocycles. The van der Waals surface area contributed by atoms with Crippen LogP contribution in [0.1, 0.15) is 0 Å². The first kappa shape index (κ1) is 36.0. The van der Waals surface area contributed by atoms with E-state index >= 15 is 0 Å². The van der Waals surface area contributed by atoms with Gasteiger partial charge in [-0.2, -0.15) is 0 Å². The van der Waals surface area contributed by atoms with Crippen molar-refractivity contribution >= 4 is 34.1 Å². The van der Waals surface area contributed by atoms with Crippen molar-refractivity contribution in [3.63, 3.8) is 0 Å². The Bertz CT molecular complexity index is 116. The van der Waals surface area contributed by atoms with Crippen LogP contribution in [0.4, 0.5) is 0 Å². The topological polar surface area (TPSA) is 221 Å². The fourth-order valence-corrected chi connectivity index (χ4v) is 0. The Hall–Kier alpha value is 1.21. The van der Waals surface area contributed by atoms with Gasteiger partial charge in [0.05, 0.1) is 0 Å². The molecule has 2 N–H and O–H groups in total. The van der Waals surface area contributed by atoms with Crippen LogP contribution < -0.4 is 0 Å². The zero-order valence-corrected chi connectivity index (χ0v) is 10.8. The molecule has 0 aliphatic rings. The van der Waals surface area contributed by atoms with Gasteiger partial charge in [0.15, 0.2) is 0 Å². The van der Waals surface area contributed by atoms with Crippen LogP contribution in [0.3, 0.4) is 0 Å². The van der Waals surface area contributed by atoms with Crippen LogP contribution in [0.15, 0.2) is 0 Å². The molecule has 2 radical (unpaired) electrons. The Morgan fingerprint density at radius 1 is 0.533 bits per heavy atom. The Balaban J connectivity index is -0.0000000184. The van der Waals surface area contributed by atoms with E-state index in [4.69, 9.17) is 39.9 Å². The molecule has 0 aromatic carbocycles. The van der Waals surface area contributed by atoms with Crippen molar-refractivity contribution in [1.29, 1.82) is 0 Å². The third-order valence-electron chi connectivity index (χ3n) is 0. The van der Waals surface area contributed by atoms with Gasteiger partial charge in [-0.1, -0.05) is 0 Å². The summed E-state index contributed by atoms with van der Waals surface area (Å²) in [6.45, 7) is 0. The summed E-state index contributed by atoms with van der Waals surface area (Å²) in [6, 6.07) is 0. The molecule has 0 unspecified atom stereocenters. The van der Waals surface area contributed by atoms with E-state index in [-0.39, 0.29) is 39.6 Å². The van der Waals surface area contributed by atoms with Crippen molar-refractivity contribution in [3.8, 4) is 0 Å². The van der Waals surface area contributed by atoms with Crippen molar-refractivity contribution in [2.45, 2.75) is 0 Å². The minimum Gasteiger partial charge on any atom is -0.784 e. The summed E-state index contributed by atoms with van der Waals surface area (Å²) < 4.78 is 76.0. The quantitative estimate of drug-likeness (QED) is 0.300. The van der Waals surface area contributed by atoms with E-state index in [0.29, 0.717) is 0 Å². The van der Waals surface area contributed by atoms with Crippen molar-refractivity contribution in [2.75, 3.05) is 0 Å². The van der Waals surface area contributed by atoms with Gasteiger partial charge >= 0.3 is 34.1 Å². The Morgan fingerprint density at radius 3 is 0.533 bits per heavy atom. The first-order chi connectivity index (χ1) is 5.20. The van der Waals surface area contributed by atoms with Gasteiger partial charge in [0, 0.05) is 0 Å². The van der Waals surface area contributed by atoms with E-state index in [1.54, 1.807) is 0 Å². The molecule has 0 aromatic rings. The van der Waals surface area contributed by atoms with E-state index in [1.807, 2.05) is 0 Å². The Kier molecular flexibility index (Phi) is 70.7. The summed E-state index contributed by atoms with van der Waals surface area (Å²) in [4.78, 5) is 0.